The highest BCUT2D eigenvalue weighted by Crippen LogP contribution is 2.33. The fourth-order valence-electron chi connectivity index (χ4n) is 2.54. The van der Waals surface area contributed by atoms with Gasteiger partial charge in [0.25, 0.3) is 0 Å². The maximum absolute atomic E-state index is 12.3. The first kappa shape index (κ1) is 17.7. The van der Waals surface area contributed by atoms with Crippen molar-refractivity contribution >= 4 is 5.91 Å². The van der Waals surface area contributed by atoms with Gasteiger partial charge in [-0.1, -0.05) is 50.1 Å². The van der Waals surface area contributed by atoms with Gasteiger partial charge in [0.15, 0.2) is 0 Å². The van der Waals surface area contributed by atoms with E-state index >= 15 is 0 Å². The largest absolute Gasteiger partial charge is 0.396 e. The molecule has 1 amide bonds. The monoisotopic (exact) mass is 292 g/mol. The number of carbonyl (C=O) groups is 1. The summed E-state index contributed by atoms with van der Waals surface area (Å²) in [4.78, 5) is 12.3. The lowest BCUT2D eigenvalue weighted by molar-refractivity contribution is -0.126. The highest BCUT2D eigenvalue weighted by molar-refractivity contribution is 5.87. The van der Waals surface area contributed by atoms with Crippen molar-refractivity contribution in [1.29, 1.82) is 0 Å². The second-order valence-corrected chi connectivity index (χ2v) is 6.85. The van der Waals surface area contributed by atoms with Crippen LogP contribution in [0.2, 0.25) is 0 Å². The summed E-state index contributed by atoms with van der Waals surface area (Å²) in [6.07, 6.45) is 2.41. The third-order valence-corrected chi connectivity index (χ3v) is 4.25. The molecule has 0 saturated heterocycles. The molecule has 118 valence electrons. The molecule has 0 spiro atoms. The Morgan fingerprint density at radius 1 is 1.29 bits per heavy atom. The molecule has 4 nitrogen and oxygen atoms in total. The zero-order valence-corrected chi connectivity index (χ0v) is 13.6. The third-order valence-electron chi connectivity index (χ3n) is 4.25. The van der Waals surface area contributed by atoms with Crippen LogP contribution in [0.25, 0.3) is 0 Å². The summed E-state index contributed by atoms with van der Waals surface area (Å²) < 4.78 is 0. The molecule has 0 fully saturated rings. The van der Waals surface area contributed by atoms with Crippen molar-refractivity contribution in [2.24, 2.45) is 11.3 Å². The molecule has 1 rings (SSSR count). The smallest absolute Gasteiger partial charge is 0.244 e. The molecule has 0 radical (unpaired) electrons. The van der Waals surface area contributed by atoms with Crippen molar-refractivity contribution in [1.82, 2.24) is 5.43 Å². The Labute approximate surface area is 127 Å². The van der Waals surface area contributed by atoms with Gasteiger partial charge in [-0.3, -0.25) is 10.2 Å². The highest BCUT2D eigenvalue weighted by atomic mass is 16.3. The van der Waals surface area contributed by atoms with Crippen molar-refractivity contribution < 1.29 is 9.90 Å². The summed E-state index contributed by atoms with van der Waals surface area (Å²) in [7, 11) is 0. The summed E-state index contributed by atoms with van der Waals surface area (Å²) in [6.45, 7) is 8.15. The van der Waals surface area contributed by atoms with Crippen LogP contribution >= 0.6 is 0 Å². The molecule has 1 aromatic carbocycles. The van der Waals surface area contributed by atoms with Crippen molar-refractivity contribution in [3.8, 4) is 0 Å². The van der Waals surface area contributed by atoms with E-state index in [1.54, 1.807) is 0 Å². The molecule has 4 N–H and O–H groups in total. The molecule has 0 aliphatic rings. The van der Waals surface area contributed by atoms with E-state index in [2.05, 4.69) is 5.43 Å². The maximum atomic E-state index is 12.3. The van der Waals surface area contributed by atoms with Crippen LogP contribution in [0, 0.1) is 12.3 Å². The van der Waals surface area contributed by atoms with Crippen molar-refractivity contribution in [3.63, 3.8) is 0 Å². The lowest BCUT2D eigenvalue weighted by Gasteiger charge is -2.30. The van der Waals surface area contributed by atoms with Crippen LogP contribution in [-0.4, -0.2) is 17.6 Å². The number of nitrogens with two attached hydrogens (primary N) is 1. The number of aliphatic hydroxyl groups excluding tert-OH is 1. The first-order chi connectivity index (χ1) is 9.75. The molecule has 1 unspecified atom stereocenters. The first-order valence-corrected chi connectivity index (χ1v) is 7.44. The zero-order valence-electron chi connectivity index (χ0n) is 13.6. The van der Waals surface area contributed by atoms with Crippen LogP contribution in [0.5, 0.6) is 0 Å². The summed E-state index contributed by atoms with van der Waals surface area (Å²) in [5.41, 5.74) is 3.64. The minimum atomic E-state index is -0.647. The number of benzene rings is 1. The van der Waals surface area contributed by atoms with E-state index in [0.717, 1.165) is 24.0 Å². The van der Waals surface area contributed by atoms with Crippen molar-refractivity contribution in [2.45, 2.75) is 52.4 Å². The van der Waals surface area contributed by atoms with Gasteiger partial charge in [0.2, 0.25) is 5.91 Å². The molecule has 0 aliphatic heterocycles. The Hall–Kier alpha value is -1.39. The van der Waals surface area contributed by atoms with Crippen LogP contribution in [0.1, 0.15) is 51.2 Å². The second-order valence-electron chi connectivity index (χ2n) is 6.85. The number of hydrogen-bond acceptors (Lipinski definition) is 3. The Bertz CT molecular complexity index is 485. The van der Waals surface area contributed by atoms with Gasteiger partial charge in [-0.15, -0.1) is 0 Å². The number of aliphatic hydroxyl groups is 1. The van der Waals surface area contributed by atoms with Gasteiger partial charge in [0, 0.05) is 6.61 Å². The van der Waals surface area contributed by atoms with Crippen LogP contribution < -0.4 is 11.3 Å². The van der Waals surface area contributed by atoms with E-state index in [1.165, 1.54) is 0 Å². The Morgan fingerprint density at radius 2 is 1.95 bits per heavy atom. The number of rotatable bonds is 7. The standard InChI is InChI=1S/C17H28N2O2/c1-13-7-5-8-14(11-13)17(4,15(21)19-18)10-6-9-16(2,3)12-20/h5,7-8,11,20H,6,9-10,12,18H2,1-4H3,(H,19,21). The Morgan fingerprint density at radius 3 is 2.48 bits per heavy atom. The lowest BCUT2D eigenvalue weighted by atomic mass is 9.75. The molecular formula is C17H28N2O2. The molecule has 0 saturated carbocycles. The van der Waals surface area contributed by atoms with Gasteiger partial charge in [-0.05, 0) is 37.7 Å². The second kappa shape index (κ2) is 7.05. The van der Waals surface area contributed by atoms with Gasteiger partial charge < -0.3 is 5.11 Å². The molecule has 0 aromatic heterocycles. The molecule has 21 heavy (non-hydrogen) atoms. The molecule has 0 aliphatic carbocycles. The van der Waals surface area contributed by atoms with Crippen LogP contribution in [0.3, 0.4) is 0 Å². The average Bonchev–Trinajstić information content (AvgIpc) is 2.46. The summed E-state index contributed by atoms with van der Waals surface area (Å²) >= 11 is 0. The van der Waals surface area contributed by atoms with E-state index in [0.29, 0.717) is 6.42 Å². The van der Waals surface area contributed by atoms with E-state index in [9.17, 15) is 9.90 Å². The normalized spacial score (nSPS) is 14.6. The van der Waals surface area contributed by atoms with Gasteiger partial charge in [0.05, 0.1) is 5.41 Å². The predicted octanol–water partition coefficient (Wildman–Crippen LogP) is 2.43. The molecular weight excluding hydrogens is 264 g/mol. The van der Waals surface area contributed by atoms with E-state index < -0.39 is 5.41 Å². The lowest BCUT2D eigenvalue weighted by Crippen LogP contribution is -2.45. The summed E-state index contributed by atoms with van der Waals surface area (Å²) in [6, 6.07) is 7.98. The molecule has 1 atom stereocenters. The predicted molar refractivity (Wildman–Crippen MR) is 85.6 cm³/mol. The summed E-state index contributed by atoms with van der Waals surface area (Å²) in [5.74, 6) is 5.21. The topological polar surface area (TPSA) is 75.3 Å². The van der Waals surface area contributed by atoms with Crippen LogP contribution in [0.4, 0.5) is 0 Å². The van der Waals surface area contributed by atoms with Crippen molar-refractivity contribution in [3.05, 3.63) is 35.4 Å². The van der Waals surface area contributed by atoms with E-state index in [-0.39, 0.29) is 17.9 Å². The van der Waals surface area contributed by atoms with E-state index in [4.69, 9.17) is 5.84 Å². The molecule has 0 heterocycles. The molecule has 1 aromatic rings. The van der Waals surface area contributed by atoms with E-state index in [1.807, 2.05) is 52.0 Å². The SMILES string of the molecule is Cc1cccc(C(C)(CCCC(C)(C)CO)C(=O)NN)c1. The maximum Gasteiger partial charge on any atom is 0.244 e. The zero-order chi connectivity index (χ0) is 16.1. The fourth-order valence-corrected chi connectivity index (χ4v) is 2.54. The number of hydrazine groups is 1. The van der Waals surface area contributed by atoms with Gasteiger partial charge in [-0.2, -0.15) is 0 Å². The minimum absolute atomic E-state index is 0.118. The number of hydrogen-bond donors (Lipinski definition) is 3. The highest BCUT2D eigenvalue weighted by Gasteiger charge is 2.35. The number of nitrogens with one attached hydrogen (secondary N) is 1. The van der Waals surface area contributed by atoms with Crippen LogP contribution in [0.15, 0.2) is 24.3 Å². The van der Waals surface area contributed by atoms with Gasteiger partial charge in [-0.25, -0.2) is 5.84 Å². The Balaban J connectivity index is 2.92. The number of carbonyl (C=O) groups excluding carboxylic acids is 1. The minimum Gasteiger partial charge on any atom is -0.396 e. The molecule has 0 bridgehead atoms. The quantitative estimate of drug-likeness (QED) is 0.410. The third kappa shape index (κ3) is 4.55. The molecule has 4 heteroatoms. The Kier molecular flexibility index (Phi) is 5.93. The summed E-state index contributed by atoms with van der Waals surface area (Å²) in [5, 5.41) is 9.33. The van der Waals surface area contributed by atoms with Gasteiger partial charge >= 0.3 is 0 Å². The van der Waals surface area contributed by atoms with Crippen molar-refractivity contribution in [2.75, 3.05) is 6.61 Å². The number of aryl methyl sites for hydroxylation is 1. The fraction of sp³-hybridized carbons (Fsp3) is 0.588. The average molecular weight is 292 g/mol. The number of amides is 1. The van der Waals surface area contributed by atoms with Gasteiger partial charge in [0.1, 0.15) is 0 Å². The first-order valence-electron chi connectivity index (χ1n) is 7.44. The van der Waals surface area contributed by atoms with Crippen LogP contribution in [-0.2, 0) is 10.2 Å².